The number of ether oxygens (including phenoxy) is 1. The maximum Gasteiger partial charge on any atom is 0.119 e. The van der Waals surface area contributed by atoms with E-state index in [1.165, 1.54) is 56.9 Å². The molecule has 2 rings (SSSR count). The fourth-order valence-electron chi connectivity index (χ4n) is 3.18. The number of nitrogens with one attached hydrogen (secondary N) is 1. The third-order valence-electron chi connectivity index (χ3n) is 4.50. The van der Waals surface area contributed by atoms with Gasteiger partial charge in [0, 0.05) is 0 Å². The van der Waals surface area contributed by atoms with Crippen molar-refractivity contribution in [1.82, 2.24) is 5.32 Å². The van der Waals surface area contributed by atoms with Crippen molar-refractivity contribution in [1.29, 1.82) is 0 Å². The van der Waals surface area contributed by atoms with E-state index in [9.17, 15) is 0 Å². The molecule has 0 saturated heterocycles. The van der Waals surface area contributed by atoms with Crippen molar-refractivity contribution in [3.8, 4) is 5.75 Å². The first-order chi connectivity index (χ1) is 10.4. The molecule has 1 aliphatic rings. The lowest BCUT2D eigenvalue weighted by molar-refractivity contribution is 0.218. The highest BCUT2D eigenvalue weighted by molar-refractivity contribution is 5.28. The molecular formula is C19H31NO. The Morgan fingerprint density at radius 1 is 1.10 bits per heavy atom. The van der Waals surface area contributed by atoms with Crippen LogP contribution in [0.2, 0.25) is 0 Å². The highest BCUT2D eigenvalue weighted by atomic mass is 16.5. The van der Waals surface area contributed by atoms with Crippen molar-refractivity contribution >= 4 is 0 Å². The summed E-state index contributed by atoms with van der Waals surface area (Å²) in [4.78, 5) is 0. The average molecular weight is 289 g/mol. The number of hydrogen-bond donors (Lipinski definition) is 1. The molecule has 0 heterocycles. The molecule has 21 heavy (non-hydrogen) atoms. The lowest BCUT2D eigenvalue weighted by atomic mass is 9.92. The van der Waals surface area contributed by atoms with Crippen LogP contribution in [0.4, 0.5) is 0 Å². The van der Waals surface area contributed by atoms with Gasteiger partial charge in [-0.2, -0.15) is 0 Å². The Hall–Kier alpha value is -1.02. The van der Waals surface area contributed by atoms with Crippen LogP contribution in [0.25, 0.3) is 0 Å². The van der Waals surface area contributed by atoms with Crippen LogP contribution in [-0.4, -0.2) is 20.2 Å². The van der Waals surface area contributed by atoms with Gasteiger partial charge in [-0.05, 0) is 62.9 Å². The van der Waals surface area contributed by atoms with E-state index in [0.717, 1.165) is 31.2 Å². The lowest BCUT2D eigenvalue weighted by Crippen LogP contribution is -2.13. The van der Waals surface area contributed by atoms with Crippen molar-refractivity contribution in [3.63, 3.8) is 0 Å². The first kappa shape index (κ1) is 16.4. The predicted molar refractivity (Wildman–Crippen MR) is 90.0 cm³/mol. The van der Waals surface area contributed by atoms with E-state index in [0.29, 0.717) is 0 Å². The van der Waals surface area contributed by atoms with Gasteiger partial charge in [0.15, 0.2) is 0 Å². The highest BCUT2D eigenvalue weighted by Gasteiger charge is 2.12. The summed E-state index contributed by atoms with van der Waals surface area (Å²) in [7, 11) is 2.01. The van der Waals surface area contributed by atoms with Crippen LogP contribution >= 0.6 is 0 Å². The van der Waals surface area contributed by atoms with E-state index in [-0.39, 0.29) is 0 Å². The molecule has 1 N–H and O–H groups in total. The summed E-state index contributed by atoms with van der Waals surface area (Å²) < 4.78 is 6.07. The van der Waals surface area contributed by atoms with Crippen molar-refractivity contribution < 1.29 is 4.74 Å². The normalized spacial score (nSPS) is 17.2. The summed E-state index contributed by atoms with van der Waals surface area (Å²) in [5.41, 5.74) is 1.39. The molecule has 1 fully saturated rings. The van der Waals surface area contributed by atoms with Gasteiger partial charge in [-0.3, -0.25) is 0 Å². The smallest absolute Gasteiger partial charge is 0.119 e. The van der Waals surface area contributed by atoms with Crippen LogP contribution in [-0.2, 0) is 6.42 Å². The summed E-state index contributed by atoms with van der Waals surface area (Å²) in [6.45, 7) is 1.98. The number of hydrogen-bond acceptors (Lipinski definition) is 2. The molecule has 1 aromatic carbocycles. The Labute approximate surface area is 130 Å². The Bertz CT molecular complexity index is 383. The second-order valence-electron chi connectivity index (χ2n) is 6.38. The molecule has 0 unspecified atom stereocenters. The van der Waals surface area contributed by atoms with Crippen LogP contribution in [0.1, 0.15) is 56.9 Å². The first-order valence-corrected chi connectivity index (χ1v) is 8.75. The minimum Gasteiger partial charge on any atom is -0.493 e. The fraction of sp³-hybridized carbons (Fsp3) is 0.684. The minimum absolute atomic E-state index is 0.762. The maximum absolute atomic E-state index is 6.07. The van der Waals surface area contributed by atoms with Gasteiger partial charge in [-0.15, -0.1) is 0 Å². The monoisotopic (exact) mass is 289 g/mol. The van der Waals surface area contributed by atoms with Gasteiger partial charge in [0.2, 0.25) is 0 Å². The van der Waals surface area contributed by atoms with Crippen molar-refractivity contribution in [2.75, 3.05) is 20.2 Å². The Balaban J connectivity index is 1.77. The Kier molecular flexibility index (Phi) is 7.66. The molecule has 0 atom stereocenters. The van der Waals surface area contributed by atoms with Crippen LogP contribution in [0.15, 0.2) is 24.3 Å². The second-order valence-corrected chi connectivity index (χ2v) is 6.38. The second kappa shape index (κ2) is 9.83. The summed E-state index contributed by atoms with van der Waals surface area (Å²) >= 11 is 0. The number of aryl methyl sites for hydroxylation is 1. The number of benzene rings is 1. The van der Waals surface area contributed by atoms with E-state index in [2.05, 4.69) is 29.6 Å². The van der Waals surface area contributed by atoms with E-state index >= 15 is 0 Å². The molecule has 0 bridgehead atoms. The molecule has 0 aliphatic heterocycles. The molecule has 118 valence electrons. The molecule has 0 amide bonds. The Morgan fingerprint density at radius 2 is 1.86 bits per heavy atom. The largest absolute Gasteiger partial charge is 0.493 e. The Morgan fingerprint density at radius 3 is 2.62 bits per heavy atom. The van der Waals surface area contributed by atoms with Crippen LogP contribution in [0, 0.1) is 5.92 Å². The lowest BCUT2D eigenvalue weighted by Gasteiger charge is -2.20. The van der Waals surface area contributed by atoms with Crippen LogP contribution in [0.3, 0.4) is 0 Å². The molecule has 2 heteroatoms. The molecule has 1 saturated carbocycles. The van der Waals surface area contributed by atoms with Gasteiger partial charge in [0.25, 0.3) is 0 Å². The molecular weight excluding hydrogens is 258 g/mol. The predicted octanol–water partition coefficient (Wildman–Crippen LogP) is 4.58. The van der Waals surface area contributed by atoms with Crippen molar-refractivity contribution in [2.24, 2.45) is 5.92 Å². The summed E-state index contributed by atoms with van der Waals surface area (Å²) in [5, 5.41) is 3.20. The van der Waals surface area contributed by atoms with E-state index in [1.807, 2.05) is 7.05 Å². The van der Waals surface area contributed by atoms with Gasteiger partial charge in [-0.25, -0.2) is 0 Å². The molecule has 2 nitrogen and oxygen atoms in total. The third-order valence-corrected chi connectivity index (χ3v) is 4.50. The SMILES string of the molecule is CNCCCc1cccc(OCC2CCCCCCC2)c1. The highest BCUT2D eigenvalue weighted by Crippen LogP contribution is 2.23. The van der Waals surface area contributed by atoms with Gasteiger partial charge < -0.3 is 10.1 Å². The first-order valence-electron chi connectivity index (χ1n) is 8.75. The quantitative estimate of drug-likeness (QED) is 0.742. The molecule has 0 spiro atoms. The fourth-order valence-corrected chi connectivity index (χ4v) is 3.18. The maximum atomic E-state index is 6.07. The van der Waals surface area contributed by atoms with Gasteiger partial charge >= 0.3 is 0 Å². The van der Waals surface area contributed by atoms with Gasteiger partial charge in [0.1, 0.15) is 5.75 Å². The standard InChI is InChI=1S/C19H31NO/c1-20-14-8-12-17-11-7-13-19(15-17)21-16-18-9-5-3-2-4-6-10-18/h7,11,13,15,18,20H,2-6,8-10,12,14,16H2,1H3. The third kappa shape index (κ3) is 6.52. The van der Waals surface area contributed by atoms with Crippen molar-refractivity contribution in [3.05, 3.63) is 29.8 Å². The van der Waals surface area contributed by atoms with Crippen LogP contribution < -0.4 is 10.1 Å². The molecule has 0 radical (unpaired) electrons. The van der Waals surface area contributed by atoms with Gasteiger partial charge in [0.05, 0.1) is 6.61 Å². The van der Waals surface area contributed by atoms with E-state index in [4.69, 9.17) is 4.74 Å². The summed E-state index contributed by atoms with van der Waals surface area (Å²) in [6.07, 6.45) is 12.0. The molecule has 1 aromatic rings. The van der Waals surface area contributed by atoms with Crippen molar-refractivity contribution in [2.45, 2.75) is 57.8 Å². The van der Waals surface area contributed by atoms with Gasteiger partial charge in [-0.1, -0.05) is 44.2 Å². The van der Waals surface area contributed by atoms with E-state index in [1.54, 1.807) is 0 Å². The summed E-state index contributed by atoms with van der Waals surface area (Å²) in [5.74, 6) is 1.82. The van der Waals surface area contributed by atoms with E-state index < -0.39 is 0 Å². The van der Waals surface area contributed by atoms with Crippen LogP contribution in [0.5, 0.6) is 5.75 Å². The molecule has 1 aliphatic carbocycles. The zero-order valence-corrected chi connectivity index (χ0v) is 13.6. The topological polar surface area (TPSA) is 21.3 Å². The summed E-state index contributed by atoms with van der Waals surface area (Å²) in [6, 6.07) is 8.66. The zero-order chi connectivity index (χ0) is 14.8. The zero-order valence-electron chi connectivity index (χ0n) is 13.6. The minimum atomic E-state index is 0.762. The average Bonchev–Trinajstić information content (AvgIpc) is 2.47. The molecule has 0 aromatic heterocycles. The number of rotatable bonds is 7.